The van der Waals surface area contributed by atoms with Gasteiger partial charge in [0.2, 0.25) is 0 Å². The molecule has 0 saturated carbocycles. The van der Waals surface area contributed by atoms with Crippen LogP contribution in [0.1, 0.15) is 44.9 Å². The van der Waals surface area contributed by atoms with E-state index in [2.05, 4.69) is 4.90 Å². The normalized spacial score (nSPS) is 33.6. The highest BCUT2D eigenvalue weighted by molar-refractivity contribution is 6.18. The lowest BCUT2D eigenvalue weighted by Gasteiger charge is -2.33. The molecule has 0 aliphatic carbocycles. The summed E-state index contributed by atoms with van der Waals surface area (Å²) >= 11 is 6.08. The van der Waals surface area contributed by atoms with Crippen molar-refractivity contribution in [2.24, 2.45) is 0 Å². The van der Waals surface area contributed by atoms with Crippen LogP contribution in [-0.4, -0.2) is 42.6 Å². The van der Waals surface area contributed by atoms with Gasteiger partial charge in [0.05, 0.1) is 6.10 Å². The molecule has 2 aliphatic rings. The molecule has 2 fully saturated rings. The fourth-order valence-electron chi connectivity index (χ4n) is 2.86. The van der Waals surface area contributed by atoms with Gasteiger partial charge in [-0.3, -0.25) is 4.90 Å². The lowest BCUT2D eigenvalue weighted by Crippen LogP contribution is -2.42. The Morgan fingerprint density at radius 1 is 1.06 bits per heavy atom. The summed E-state index contributed by atoms with van der Waals surface area (Å²) in [5, 5.41) is 0. The Balaban J connectivity index is 1.83. The molecule has 94 valence electrons. The van der Waals surface area contributed by atoms with Gasteiger partial charge in [-0.25, -0.2) is 0 Å². The first kappa shape index (κ1) is 12.7. The fourth-order valence-corrected chi connectivity index (χ4v) is 3.21. The molecule has 0 spiro atoms. The fraction of sp³-hybridized carbons (Fsp3) is 1.00. The van der Waals surface area contributed by atoms with Gasteiger partial charge in [-0.1, -0.05) is 12.8 Å². The van der Waals surface area contributed by atoms with E-state index in [1.807, 2.05) is 0 Å². The first-order valence-electron chi connectivity index (χ1n) is 6.82. The third-order valence-electron chi connectivity index (χ3n) is 3.89. The monoisotopic (exact) mass is 245 g/mol. The molecule has 0 aromatic rings. The average Bonchev–Trinajstić information content (AvgIpc) is 2.55. The molecule has 2 atom stereocenters. The molecule has 0 amide bonds. The Labute approximate surface area is 104 Å². The molecule has 2 aliphatic heterocycles. The summed E-state index contributed by atoms with van der Waals surface area (Å²) in [6, 6.07) is 0.592. The van der Waals surface area contributed by atoms with Crippen molar-refractivity contribution in [2.75, 3.05) is 25.6 Å². The van der Waals surface area contributed by atoms with Crippen LogP contribution in [0.5, 0.6) is 0 Å². The van der Waals surface area contributed by atoms with Crippen molar-refractivity contribution < 1.29 is 4.74 Å². The van der Waals surface area contributed by atoms with Gasteiger partial charge in [0.1, 0.15) is 0 Å². The van der Waals surface area contributed by atoms with Gasteiger partial charge in [0.25, 0.3) is 0 Å². The van der Waals surface area contributed by atoms with Crippen molar-refractivity contribution in [2.45, 2.75) is 57.1 Å². The predicted octanol–water partition coefficient (Wildman–Crippen LogP) is 3.04. The molecular formula is C13H24ClNO. The molecule has 0 aromatic carbocycles. The van der Waals surface area contributed by atoms with Gasteiger partial charge >= 0.3 is 0 Å². The summed E-state index contributed by atoms with van der Waals surface area (Å²) in [7, 11) is 0. The maximum absolute atomic E-state index is 6.08. The molecule has 0 aromatic heterocycles. The molecule has 2 unspecified atom stereocenters. The quantitative estimate of drug-likeness (QED) is 0.709. The number of halogens is 1. The van der Waals surface area contributed by atoms with E-state index in [0.717, 1.165) is 19.0 Å². The number of likely N-dealkylation sites (tertiary alicyclic amines) is 1. The first-order chi connectivity index (χ1) is 7.90. The number of rotatable bonds is 3. The van der Waals surface area contributed by atoms with Crippen LogP contribution in [0.25, 0.3) is 0 Å². The smallest absolute Gasteiger partial charge is 0.0702 e. The van der Waals surface area contributed by atoms with Crippen LogP contribution in [0.2, 0.25) is 0 Å². The van der Waals surface area contributed by atoms with Crippen molar-refractivity contribution in [3.8, 4) is 0 Å². The van der Waals surface area contributed by atoms with Crippen LogP contribution in [0.15, 0.2) is 0 Å². The Bertz CT molecular complexity index is 194. The molecule has 0 bridgehead atoms. The second-order valence-corrected chi connectivity index (χ2v) is 5.45. The number of alkyl halides is 1. The zero-order chi connectivity index (χ0) is 11.2. The molecule has 0 radical (unpaired) electrons. The van der Waals surface area contributed by atoms with Gasteiger partial charge in [-0.2, -0.15) is 0 Å². The lowest BCUT2D eigenvalue weighted by atomic mass is 10.1. The van der Waals surface area contributed by atoms with Crippen molar-refractivity contribution in [3.05, 3.63) is 0 Å². The summed E-state index contributed by atoms with van der Waals surface area (Å²) in [5.74, 6) is 0.784. The molecule has 16 heavy (non-hydrogen) atoms. The largest absolute Gasteiger partial charge is 0.377 e. The minimum atomic E-state index is 0.470. The molecule has 3 heteroatoms. The Morgan fingerprint density at radius 3 is 2.69 bits per heavy atom. The second-order valence-electron chi connectivity index (χ2n) is 5.14. The number of nitrogens with zero attached hydrogens (tertiary/aromatic N) is 1. The van der Waals surface area contributed by atoms with Crippen LogP contribution in [0, 0.1) is 0 Å². The molecule has 2 nitrogen and oxygen atoms in total. The minimum Gasteiger partial charge on any atom is -0.377 e. The summed E-state index contributed by atoms with van der Waals surface area (Å²) < 4.78 is 5.83. The van der Waals surface area contributed by atoms with Gasteiger partial charge < -0.3 is 4.74 Å². The molecule has 2 heterocycles. The topological polar surface area (TPSA) is 12.5 Å². The Kier molecular flexibility index (Phi) is 5.40. The summed E-state index contributed by atoms with van der Waals surface area (Å²) in [6.45, 7) is 3.29. The van der Waals surface area contributed by atoms with Gasteiger partial charge in [-0.15, -0.1) is 11.6 Å². The van der Waals surface area contributed by atoms with Crippen LogP contribution >= 0.6 is 11.6 Å². The number of ether oxygens (including phenoxy) is 1. The summed E-state index contributed by atoms with van der Waals surface area (Å²) in [4.78, 5) is 2.58. The van der Waals surface area contributed by atoms with Crippen LogP contribution in [0.3, 0.4) is 0 Å². The Hall–Kier alpha value is 0.210. The summed E-state index contributed by atoms with van der Waals surface area (Å²) in [6.07, 6.45) is 9.62. The van der Waals surface area contributed by atoms with Gasteiger partial charge in [0.15, 0.2) is 0 Å². The summed E-state index contributed by atoms with van der Waals surface area (Å²) in [5.41, 5.74) is 0. The maximum atomic E-state index is 6.08. The number of hydrogen-bond donors (Lipinski definition) is 0. The van der Waals surface area contributed by atoms with Crippen molar-refractivity contribution in [3.63, 3.8) is 0 Å². The molecule has 0 N–H and O–H groups in total. The first-order valence-corrected chi connectivity index (χ1v) is 7.35. The SMILES string of the molecule is ClCC1CCCCCN1CC1CCCCO1. The molecular weight excluding hydrogens is 222 g/mol. The standard InChI is InChI=1S/C13H24ClNO/c14-10-12-6-2-1-4-8-15(12)11-13-7-3-5-9-16-13/h12-13H,1-11H2. The van der Waals surface area contributed by atoms with Gasteiger partial charge in [-0.05, 0) is 38.6 Å². The van der Waals surface area contributed by atoms with Crippen molar-refractivity contribution in [1.29, 1.82) is 0 Å². The van der Waals surface area contributed by atoms with E-state index in [1.54, 1.807) is 0 Å². The van der Waals surface area contributed by atoms with E-state index in [9.17, 15) is 0 Å². The highest BCUT2D eigenvalue weighted by Crippen LogP contribution is 2.21. The third kappa shape index (κ3) is 3.61. The van der Waals surface area contributed by atoms with Gasteiger partial charge in [0, 0.05) is 25.1 Å². The van der Waals surface area contributed by atoms with E-state index in [1.165, 1.54) is 51.5 Å². The third-order valence-corrected chi connectivity index (χ3v) is 4.25. The van der Waals surface area contributed by atoms with Crippen LogP contribution in [-0.2, 0) is 4.74 Å². The highest BCUT2D eigenvalue weighted by atomic mass is 35.5. The second kappa shape index (κ2) is 6.83. The minimum absolute atomic E-state index is 0.470. The van der Waals surface area contributed by atoms with E-state index in [0.29, 0.717) is 12.1 Å². The van der Waals surface area contributed by atoms with E-state index in [-0.39, 0.29) is 0 Å². The molecule has 2 rings (SSSR count). The van der Waals surface area contributed by atoms with Crippen molar-refractivity contribution >= 4 is 11.6 Å². The zero-order valence-electron chi connectivity index (χ0n) is 10.2. The number of hydrogen-bond acceptors (Lipinski definition) is 2. The van der Waals surface area contributed by atoms with E-state index in [4.69, 9.17) is 16.3 Å². The van der Waals surface area contributed by atoms with E-state index >= 15 is 0 Å². The van der Waals surface area contributed by atoms with Crippen LogP contribution in [0.4, 0.5) is 0 Å². The Morgan fingerprint density at radius 2 is 1.94 bits per heavy atom. The highest BCUT2D eigenvalue weighted by Gasteiger charge is 2.24. The lowest BCUT2D eigenvalue weighted by molar-refractivity contribution is -0.0115. The zero-order valence-corrected chi connectivity index (χ0v) is 10.9. The van der Waals surface area contributed by atoms with E-state index < -0.39 is 0 Å². The molecule has 2 saturated heterocycles. The van der Waals surface area contributed by atoms with Crippen LogP contribution < -0.4 is 0 Å². The predicted molar refractivity (Wildman–Crippen MR) is 68.1 cm³/mol. The maximum Gasteiger partial charge on any atom is 0.0702 e. The average molecular weight is 246 g/mol. The van der Waals surface area contributed by atoms with Crippen molar-refractivity contribution in [1.82, 2.24) is 4.90 Å².